The molecule has 0 spiro atoms. The maximum Gasteiger partial charge on any atom is 0.166 e. The number of anilines is 1. The van der Waals surface area contributed by atoms with E-state index < -0.39 is 11.9 Å². The summed E-state index contributed by atoms with van der Waals surface area (Å²) in [6.07, 6.45) is 1.78. The van der Waals surface area contributed by atoms with Crippen molar-refractivity contribution in [3.8, 4) is 17.0 Å². The molecule has 146 valence electrons. The predicted octanol–water partition coefficient (Wildman–Crippen LogP) is 4.00. The predicted molar refractivity (Wildman–Crippen MR) is 107 cm³/mol. The molecule has 6 nitrogen and oxygen atoms in total. The maximum atomic E-state index is 13.8. The SMILES string of the molecule is CC(Oc1cc(-c2cc3n(n2)CC(N)C3)cnc1N)c1c(Cl)ccc(F)c1Cl. The summed E-state index contributed by atoms with van der Waals surface area (Å²) in [6.45, 7) is 2.40. The quantitative estimate of drug-likeness (QED) is 0.621. The zero-order valence-electron chi connectivity index (χ0n) is 15.0. The third kappa shape index (κ3) is 3.41. The number of ether oxygens (including phenoxy) is 1. The van der Waals surface area contributed by atoms with Crippen LogP contribution in [0.4, 0.5) is 10.2 Å². The van der Waals surface area contributed by atoms with Gasteiger partial charge < -0.3 is 16.2 Å². The molecular weight excluding hydrogens is 404 g/mol. The first-order valence-corrected chi connectivity index (χ1v) is 9.47. The normalized spacial score (nSPS) is 16.8. The van der Waals surface area contributed by atoms with Crippen LogP contribution < -0.4 is 16.2 Å². The second-order valence-electron chi connectivity index (χ2n) is 6.79. The van der Waals surface area contributed by atoms with Gasteiger partial charge in [-0.15, -0.1) is 0 Å². The number of aromatic nitrogens is 3. The number of hydrogen-bond donors (Lipinski definition) is 2. The van der Waals surface area contributed by atoms with Gasteiger partial charge in [0.1, 0.15) is 11.9 Å². The van der Waals surface area contributed by atoms with E-state index in [4.69, 9.17) is 39.4 Å². The van der Waals surface area contributed by atoms with Crippen molar-refractivity contribution in [1.29, 1.82) is 0 Å². The van der Waals surface area contributed by atoms with Gasteiger partial charge in [0, 0.05) is 40.5 Å². The lowest BCUT2D eigenvalue weighted by molar-refractivity contribution is 0.227. The average Bonchev–Trinajstić information content (AvgIpc) is 3.18. The molecule has 2 unspecified atom stereocenters. The molecule has 0 saturated heterocycles. The van der Waals surface area contributed by atoms with Gasteiger partial charge >= 0.3 is 0 Å². The van der Waals surface area contributed by atoms with E-state index in [-0.39, 0.29) is 16.9 Å². The van der Waals surface area contributed by atoms with Gasteiger partial charge in [-0.1, -0.05) is 23.2 Å². The van der Waals surface area contributed by atoms with E-state index in [0.717, 1.165) is 23.4 Å². The van der Waals surface area contributed by atoms with Crippen LogP contribution in [0.15, 0.2) is 30.5 Å². The minimum atomic E-state index is -0.639. The van der Waals surface area contributed by atoms with Crippen molar-refractivity contribution in [3.05, 3.63) is 57.6 Å². The Morgan fingerprint density at radius 1 is 1.32 bits per heavy atom. The van der Waals surface area contributed by atoms with E-state index in [0.29, 0.717) is 22.9 Å². The van der Waals surface area contributed by atoms with Gasteiger partial charge in [-0.25, -0.2) is 9.37 Å². The zero-order valence-corrected chi connectivity index (χ0v) is 16.5. The minimum Gasteiger partial charge on any atom is -0.482 e. The highest BCUT2D eigenvalue weighted by Crippen LogP contribution is 2.37. The number of halogens is 3. The first-order valence-electron chi connectivity index (χ1n) is 8.71. The highest BCUT2D eigenvalue weighted by atomic mass is 35.5. The van der Waals surface area contributed by atoms with Gasteiger partial charge in [-0.2, -0.15) is 5.10 Å². The molecule has 9 heteroatoms. The molecule has 2 aromatic heterocycles. The molecule has 3 aromatic rings. The zero-order chi connectivity index (χ0) is 20.0. The average molecular weight is 422 g/mol. The molecule has 3 heterocycles. The number of nitrogens with two attached hydrogens (primary N) is 2. The summed E-state index contributed by atoms with van der Waals surface area (Å²) in [5, 5.41) is 4.80. The van der Waals surface area contributed by atoms with Crippen LogP contribution in [0.3, 0.4) is 0 Å². The van der Waals surface area contributed by atoms with Crippen molar-refractivity contribution in [2.45, 2.75) is 32.0 Å². The van der Waals surface area contributed by atoms with Crippen LogP contribution in [-0.2, 0) is 13.0 Å². The van der Waals surface area contributed by atoms with Crippen molar-refractivity contribution in [2.24, 2.45) is 5.73 Å². The molecule has 1 aliphatic rings. The van der Waals surface area contributed by atoms with E-state index in [9.17, 15) is 4.39 Å². The third-order valence-corrected chi connectivity index (χ3v) is 5.42. The first-order chi connectivity index (χ1) is 13.3. The topological polar surface area (TPSA) is 92.0 Å². The lowest BCUT2D eigenvalue weighted by Crippen LogP contribution is -2.21. The smallest absolute Gasteiger partial charge is 0.166 e. The number of nitrogens with zero attached hydrogens (tertiary/aromatic N) is 3. The van der Waals surface area contributed by atoms with Gasteiger partial charge in [-0.3, -0.25) is 4.68 Å². The molecule has 0 bridgehead atoms. The number of rotatable bonds is 4. The van der Waals surface area contributed by atoms with E-state index in [1.807, 2.05) is 10.7 Å². The Morgan fingerprint density at radius 2 is 2.11 bits per heavy atom. The summed E-state index contributed by atoms with van der Waals surface area (Å²) >= 11 is 12.3. The Kier molecular flexibility index (Phi) is 4.91. The van der Waals surface area contributed by atoms with E-state index in [1.54, 1.807) is 19.2 Å². The van der Waals surface area contributed by atoms with Crippen molar-refractivity contribution in [1.82, 2.24) is 14.8 Å². The fraction of sp³-hybridized carbons (Fsp3) is 0.263. The summed E-state index contributed by atoms with van der Waals surface area (Å²) < 4.78 is 21.6. The third-order valence-electron chi connectivity index (χ3n) is 4.71. The second-order valence-corrected chi connectivity index (χ2v) is 7.58. The van der Waals surface area contributed by atoms with Crippen LogP contribution >= 0.6 is 23.2 Å². The summed E-state index contributed by atoms with van der Waals surface area (Å²) in [4.78, 5) is 4.20. The summed E-state index contributed by atoms with van der Waals surface area (Å²) in [5.74, 6) is -0.0265. The van der Waals surface area contributed by atoms with Gasteiger partial charge in [0.15, 0.2) is 11.6 Å². The van der Waals surface area contributed by atoms with E-state index >= 15 is 0 Å². The molecule has 2 atom stereocenters. The second kappa shape index (κ2) is 7.24. The van der Waals surface area contributed by atoms with Crippen LogP contribution in [0.25, 0.3) is 11.3 Å². The monoisotopic (exact) mass is 421 g/mol. The van der Waals surface area contributed by atoms with Crippen LogP contribution in [0, 0.1) is 5.82 Å². The van der Waals surface area contributed by atoms with Crippen LogP contribution in [0.5, 0.6) is 5.75 Å². The Morgan fingerprint density at radius 3 is 2.86 bits per heavy atom. The molecule has 0 fully saturated rings. The summed E-state index contributed by atoms with van der Waals surface area (Å²) in [5.41, 5.74) is 14.9. The summed E-state index contributed by atoms with van der Waals surface area (Å²) in [7, 11) is 0. The van der Waals surface area contributed by atoms with E-state index in [1.165, 1.54) is 12.1 Å². The Hall–Kier alpha value is -2.35. The number of pyridine rings is 1. The van der Waals surface area contributed by atoms with Gasteiger partial charge in [-0.05, 0) is 31.2 Å². The highest BCUT2D eigenvalue weighted by molar-refractivity contribution is 6.36. The number of hydrogen-bond acceptors (Lipinski definition) is 5. The fourth-order valence-corrected chi connectivity index (χ4v) is 4.01. The Balaban J connectivity index is 1.63. The van der Waals surface area contributed by atoms with Crippen LogP contribution in [0.2, 0.25) is 10.0 Å². The molecule has 4 rings (SSSR count). The Labute approximate surface area is 171 Å². The first kappa shape index (κ1) is 19.0. The molecule has 0 aliphatic carbocycles. The van der Waals surface area contributed by atoms with Crippen molar-refractivity contribution in [3.63, 3.8) is 0 Å². The molecular formula is C19H18Cl2FN5O. The van der Waals surface area contributed by atoms with Crippen LogP contribution in [0.1, 0.15) is 24.3 Å². The molecule has 1 aliphatic heterocycles. The highest BCUT2D eigenvalue weighted by Gasteiger charge is 2.22. The van der Waals surface area contributed by atoms with Gasteiger partial charge in [0.2, 0.25) is 0 Å². The fourth-order valence-electron chi connectivity index (χ4n) is 3.33. The largest absolute Gasteiger partial charge is 0.482 e. The van der Waals surface area contributed by atoms with Gasteiger partial charge in [0.05, 0.1) is 17.3 Å². The van der Waals surface area contributed by atoms with Crippen LogP contribution in [-0.4, -0.2) is 20.8 Å². The van der Waals surface area contributed by atoms with E-state index in [2.05, 4.69) is 10.1 Å². The van der Waals surface area contributed by atoms with Crippen molar-refractivity contribution >= 4 is 29.0 Å². The molecule has 0 radical (unpaired) electrons. The Bertz CT molecular complexity index is 1030. The molecule has 4 N–H and O–H groups in total. The maximum absolute atomic E-state index is 13.8. The number of fused-ring (bicyclic) bond motifs is 1. The van der Waals surface area contributed by atoms with Crippen molar-refractivity contribution in [2.75, 3.05) is 5.73 Å². The van der Waals surface area contributed by atoms with Gasteiger partial charge in [0.25, 0.3) is 0 Å². The number of nitrogen functional groups attached to an aromatic ring is 1. The molecule has 0 amide bonds. The summed E-state index contributed by atoms with van der Waals surface area (Å²) in [6, 6.07) is 6.47. The van der Waals surface area contributed by atoms with Crippen molar-refractivity contribution < 1.29 is 9.13 Å². The molecule has 28 heavy (non-hydrogen) atoms. The number of benzene rings is 1. The lowest BCUT2D eigenvalue weighted by atomic mass is 10.1. The molecule has 0 saturated carbocycles. The lowest BCUT2D eigenvalue weighted by Gasteiger charge is -2.19. The molecule has 1 aromatic carbocycles. The standard InChI is InChI=1S/C19H18Cl2FN5O/c1-9(17-13(20)2-3-14(22)18(17)21)28-16-4-10(7-25-19(16)24)15-6-12-5-11(23)8-27(12)26-15/h2-4,6-7,9,11H,5,8,23H2,1H3,(H2,24,25). The minimum absolute atomic E-state index is 0.0791.